The molecule has 0 unspecified atom stereocenters. The summed E-state index contributed by atoms with van der Waals surface area (Å²) in [7, 11) is 3.18. The standard InChI is InChI=1S/C15H15FN2O2/c1-19-14-8-3-11(15(9-14)20-2)10-17-18-13-6-4-12(16)5-7-13/h3-10,18H,1-2H3/b17-10+. The lowest BCUT2D eigenvalue weighted by molar-refractivity contribution is 0.394. The van der Waals surface area contributed by atoms with E-state index in [9.17, 15) is 4.39 Å². The van der Waals surface area contributed by atoms with E-state index in [1.54, 1.807) is 38.6 Å². The Morgan fingerprint density at radius 2 is 1.80 bits per heavy atom. The van der Waals surface area contributed by atoms with Gasteiger partial charge in [-0.2, -0.15) is 5.10 Å². The molecule has 2 rings (SSSR count). The van der Waals surface area contributed by atoms with Crippen LogP contribution >= 0.6 is 0 Å². The van der Waals surface area contributed by atoms with E-state index in [0.29, 0.717) is 17.2 Å². The largest absolute Gasteiger partial charge is 0.497 e. The summed E-state index contributed by atoms with van der Waals surface area (Å²) in [6.45, 7) is 0. The minimum Gasteiger partial charge on any atom is -0.497 e. The van der Waals surface area contributed by atoms with Gasteiger partial charge in [0.05, 0.1) is 26.1 Å². The number of ether oxygens (including phenoxy) is 2. The molecule has 1 N–H and O–H groups in total. The third-order valence-corrected chi connectivity index (χ3v) is 2.68. The minimum atomic E-state index is -0.281. The van der Waals surface area contributed by atoms with Crippen molar-refractivity contribution in [2.24, 2.45) is 5.10 Å². The van der Waals surface area contributed by atoms with Crippen LogP contribution in [0.4, 0.5) is 10.1 Å². The van der Waals surface area contributed by atoms with Gasteiger partial charge in [0, 0.05) is 11.6 Å². The van der Waals surface area contributed by atoms with Gasteiger partial charge < -0.3 is 9.47 Å². The van der Waals surface area contributed by atoms with Crippen LogP contribution in [-0.4, -0.2) is 20.4 Å². The minimum absolute atomic E-state index is 0.281. The first-order valence-corrected chi connectivity index (χ1v) is 5.99. The van der Waals surface area contributed by atoms with Crippen molar-refractivity contribution in [1.82, 2.24) is 0 Å². The number of methoxy groups -OCH3 is 2. The van der Waals surface area contributed by atoms with Crippen molar-refractivity contribution < 1.29 is 13.9 Å². The molecule has 20 heavy (non-hydrogen) atoms. The summed E-state index contributed by atoms with van der Waals surface area (Å²) in [5.41, 5.74) is 4.33. The molecule has 0 bridgehead atoms. The van der Waals surface area contributed by atoms with Gasteiger partial charge in [0.25, 0.3) is 0 Å². The van der Waals surface area contributed by atoms with Gasteiger partial charge in [-0.1, -0.05) is 0 Å². The molecule has 0 radical (unpaired) electrons. The van der Waals surface area contributed by atoms with Gasteiger partial charge in [0.15, 0.2) is 0 Å². The van der Waals surface area contributed by atoms with Gasteiger partial charge in [-0.3, -0.25) is 5.43 Å². The van der Waals surface area contributed by atoms with Crippen molar-refractivity contribution in [3.05, 3.63) is 53.8 Å². The first kappa shape index (κ1) is 13.9. The van der Waals surface area contributed by atoms with Crippen LogP contribution in [0.2, 0.25) is 0 Å². The van der Waals surface area contributed by atoms with Crippen molar-refractivity contribution in [3.8, 4) is 11.5 Å². The second kappa shape index (κ2) is 6.56. The predicted molar refractivity (Wildman–Crippen MR) is 77.2 cm³/mol. The van der Waals surface area contributed by atoms with Crippen LogP contribution in [0.15, 0.2) is 47.6 Å². The van der Waals surface area contributed by atoms with Gasteiger partial charge in [-0.05, 0) is 36.4 Å². The predicted octanol–water partition coefficient (Wildman–Crippen LogP) is 3.29. The Labute approximate surface area is 116 Å². The molecule has 0 atom stereocenters. The Morgan fingerprint density at radius 3 is 2.45 bits per heavy atom. The molecule has 104 valence electrons. The molecule has 0 aromatic heterocycles. The number of nitrogens with zero attached hydrogens (tertiary/aromatic N) is 1. The molecular formula is C15H15FN2O2. The smallest absolute Gasteiger partial charge is 0.131 e. The molecular weight excluding hydrogens is 259 g/mol. The summed E-state index contributed by atoms with van der Waals surface area (Å²) >= 11 is 0. The van der Waals surface area contributed by atoms with Crippen molar-refractivity contribution in [1.29, 1.82) is 0 Å². The van der Waals surface area contributed by atoms with Crippen LogP contribution in [0.1, 0.15) is 5.56 Å². The fraction of sp³-hybridized carbons (Fsp3) is 0.133. The molecule has 0 fully saturated rings. The van der Waals surface area contributed by atoms with Crippen molar-refractivity contribution in [3.63, 3.8) is 0 Å². The molecule has 4 nitrogen and oxygen atoms in total. The maximum atomic E-state index is 12.7. The average Bonchev–Trinajstić information content (AvgIpc) is 2.49. The molecule has 2 aromatic carbocycles. The van der Waals surface area contributed by atoms with Crippen LogP contribution in [0, 0.1) is 5.82 Å². The second-order valence-corrected chi connectivity index (χ2v) is 3.98. The fourth-order valence-electron chi connectivity index (χ4n) is 1.63. The number of anilines is 1. The van der Waals surface area contributed by atoms with E-state index in [0.717, 1.165) is 5.56 Å². The Kier molecular flexibility index (Phi) is 4.55. The molecule has 5 heteroatoms. The van der Waals surface area contributed by atoms with Crippen LogP contribution in [0.25, 0.3) is 0 Å². The zero-order valence-corrected chi connectivity index (χ0v) is 11.3. The highest BCUT2D eigenvalue weighted by Crippen LogP contribution is 2.23. The molecule has 0 aliphatic rings. The zero-order valence-electron chi connectivity index (χ0n) is 11.3. The molecule has 0 saturated carbocycles. The lowest BCUT2D eigenvalue weighted by atomic mass is 10.2. The van der Waals surface area contributed by atoms with E-state index in [2.05, 4.69) is 10.5 Å². The van der Waals surface area contributed by atoms with E-state index in [-0.39, 0.29) is 5.82 Å². The normalized spacial score (nSPS) is 10.6. The molecule has 0 heterocycles. The Balaban J connectivity index is 2.09. The summed E-state index contributed by atoms with van der Waals surface area (Å²) in [5.74, 6) is 1.09. The van der Waals surface area contributed by atoms with E-state index < -0.39 is 0 Å². The number of hydrogen-bond donors (Lipinski definition) is 1. The quantitative estimate of drug-likeness (QED) is 0.672. The average molecular weight is 274 g/mol. The highest BCUT2D eigenvalue weighted by atomic mass is 19.1. The van der Waals surface area contributed by atoms with Crippen molar-refractivity contribution >= 4 is 11.9 Å². The SMILES string of the molecule is COc1ccc(/C=N/Nc2ccc(F)cc2)c(OC)c1. The van der Waals surface area contributed by atoms with Crippen LogP contribution in [-0.2, 0) is 0 Å². The van der Waals surface area contributed by atoms with Gasteiger partial charge in [-0.25, -0.2) is 4.39 Å². The van der Waals surface area contributed by atoms with E-state index in [4.69, 9.17) is 9.47 Å². The summed E-state index contributed by atoms with van der Waals surface area (Å²) in [5, 5.41) is 4.09. The Morgan fingerprint density at radius 1 is 1.05 bits per heavy atom. The summed E-state index contributed by atoms with van der Waals surface area (Å²) in [6, 6.07) is 11.4. The first-order valence-electron chi connectivity index (χ1n) is 5.99. The summed E-state index contributed by atoms with van der Waals surface area (Å²) in [6.07, 6.45) is 1.63. The molecule has 0 aliphatic heterocycles. The number of hydrazone groups is 1. The molecule has 0 saturated heterocycles. The summed E-state index contributed by atoms with van der Waals surface area (Å²) in [4.78, 5) is 0. The molecule has 0 spiro atoms. The molecule has 2 aromatic rings. The third-order valence-electron chi connectivity index (χ3n) is 2.68. The van der Waals surface area contributed by atoms with Crippen molar-refractivity contribution in [2.75, 3.05) is 19.6 Å². The highest BCUT2D eigenvalue weighted by Gasteiger charge is 2.02. The Hall–Kier alpha value is -2.56. The lowest BCUT2D eigenvalue weighted by Gasteiger charge is -2.07. The molecule has 0 aliphatic carbocycles. The van der Waals surface area contributed by atoms with E-state index >= 15 is 0 Å². The number of rotatable bonds is 5. The molecule has 0 amide bonds. The van der Waals surface area contributed by atoms with Crippen LogP contribution in [0.3, 0.4) is 0 Å². The monoisotopic (exact) mass is 274 g/mol. The van der Waals surface area contributed by atoms with E-state index in [1.807, 2.05) is 12.1 Å². The maximum Gasteiger partial charge on any atom is 0.131 e. The first-order chi connectivity index (χ1) is 9.72. The topological polar surface area (TPSA) is 42.8 Å². The fourth-order valence-corrected chi connectivity index (χ4v) is 1.63. The number of hydrogen-bond acceptors (Lipinski definition) is 4. The van der Waals surface area contributed by atoms with Gasteiger partial charge >= 0.3 is 0 Å². The second-order valence-electron chi connectivity index (χ2n) is 3.98. The maximum absolute atomic E-state index is 12.7. The number of benzene rings is 2. The Bertz CT molecular complexity index is 597. The van der Waals surface area contributed by atoms with E-state index in [1.165, 1.54) is 12.1 Å². The lowest BCUT2D eigenvalue weighted by Crippen LogP contribution is -1.95. The number of halogens is 1. The highest BCUT2D eigenvalue weighted by molar-refractivity contribution is 5.84. The van der Waals surface area contributed by atoms with Crippen LogP contribution in [0.5, 0.6) is 11.5 Å². The van der Waals surface area contributed by atoms with Crippen molar-refractivity contribution in [2.45, 2.75) is 0 Å². The number of nitrogens with one attached hydrogen (secondary N) is 1. The third kappa shape index (κ3) is 3.47. The van der Waals surface area contributed by atoms with Gasteiger partial charge in [0.1, 0.15) is 17.3 Å². The van der Waals surface area contributed by atoms with Gasteiger partial charge in [-0.15, -0.1) is 0 Å². The summed E-state index contributed by atoms with van der Waals surface area (Å²) < 4.78 is 23.1. The van der Waals surface area contributed by atoms with Gasteiger partial charge in [0.2, 0.25) is 0 Å². The van der Waals surface area contributed by atoms with Crippen LogP contribution < -0.4 is 14.9 Å². The zero-order chi connectivity index (χ0) is 14.4.